The Hall–Kier alpha value is -3.50. The highest BCUT2D eigenvalue weighted by atomic mass is 19.4. The molecule has 0 aliphatic carbocycles. The standard InChI is InChI=1S/C16H12F3N3O5/c17-16(18,19)10-20(9-11-5-1-3-7-13(11)21(24)25)15(23)12-6-2-4-8-14(12)22(26)27/h1-8H,9-10H2. The topological polar surface area (TPSA) is 107 Å². The van der Waals surface area contributed by atoms with Gasteiger partial charge in [0.1, 0.15) is 12.1 Å². The van der Waals surface area contributed by atoms with Crippen molar-refractivity contribution in [2.45, 2.75) is 12.7 Å². The van der Waals surface area contributed by atoms with Gasteiger partial charge in [-0.3, -0.25) is 25.0 Å². The van der Waals surface area contributed by atoms with Crippen molar-refractivity contribution in [1.29, 1.82) is 0 Å². The van der Waals surface area contributed by atoms with Gasteiger partial charge in [0.05, 0.1) is 16.4 Å². The van der Waals surface area contributed by atoms with E-state index in [1.807, 2.05) is 0 Å². The Morgan fingerprint density at radius 1 is 0.926 bits per heavy atom. The van der Waals surface area contributed by atoms with E-state index in [1.54, 1.807) is 0 Å². The van der Waals surface area contributed by atoms with Crippen LogP contribution in [0.5, 0.6) is 0 Å². The van der Waals surface area contributed by atoms with Crippen LogP contribution in [0.15, 0.2) is 48.5 Å². The molecule has 2 aromatic rings. The van der Waals surface area contributed by atoms with Crippen molar-refractivity contribution in [3.05, 3.63) is 79.9 Å². The van der Waals surface area contributed by atoms with E-state index < -0.39 is 52.0 Å². The van der Waals surface area contributed by atoms with Crippen LogP contribution < -0.4 is 0 Å². The number of carbonyl (C=O) groups is 1. The fourth-order valence-electron chi connectivity index (χ4n) is 2.43. The highest BCUT2D eigenvalue weighted by Crippen LogP contribution is 2.26. The number of nitrogens with zero attached hydrogens (tertiary/aromatic N) is 3. The lowest BCUT2D eigenvalue weighted by atomic mass is 10.1. The molecule has 0 aliphatic heterocycles. The minimum Gasteiger partial charge on any atom is -0.325 e. The molecule has 2 aromatic carbocycles. The number of benzene rings is 2. The van der Waals surface area contributed by atoms with Gasteiger partial charge >= 0.3 is 6.18 Å². The van der Waals surface area contributed by atoms with Gasteiger partial charge < -0.3 is 4.90 Å². The maximum absolute atomic E-state index is 12.9. The fourth-order valence-corrected chi connectivity index (χ4v) is 2.43. The number of rotatable bonds is 6. The van der Waals surface area contributed by atoms with Gasteiger partial charge in [-0.15, -0.1) is 0 Å². The number of halogens is 3. The number of nitro benzene ring substituents is 2. The maximum Gasteiger partial charge on any atom is 0.406 e. The number of amides is 1. The number of hydrogen-bond donors (Lipinski definition) is 0. The molecule has 0 spiro atoms. The third-order valence-electron chi connectivity index (χ3n) is 3.54. The van der Waals surface area contributed by atoms with E-state index in [0.29, 0.717) is 4.90 Å². The van der Waals surface area contributed by atoms with E-state index in [2.05, 4.69) is 0 Å². The summed E-state index contributed by atoms with van der Waals surface area (Å²) in [6.07, 6.45) is -4.80. The van der Waals surface area contributed by atoms with Crippen molar-refractivity contribution < 1.29 is 27.8 Å². The lowest BCUT2D eigenvalue weighted by Crippen LogP contribution is -2.38. The van der Waals surface area contributed by atoms with Crippen LogP contribution in [-0.4, -0.2) is 33.4 Å². The maximum atomic E-state index is 12.9. The molecule has 8 nitrogen and oxygen atoms in total. The van der Waals surface area contributed by atoms with Gasteiger partial charge in [-0.1, -0.05) is 30.3 Å². The largest absolute Gasteiger partial charge is 0.406 e. The SMILES string of the molecule is O=C(c1ccccc1[N+](=O)[O-])N(Cc1ccccc1[N+](=O)[O-])CC(F)(F)F. The van der Waals surface area contributed by atoms with Gasteiger partial charge in [0.25, 0.3) is 17.3 Å². The van der Waals surface area contributed by atoms with E-state index in [1.165, 1.54) is 30.3 Å². The first-order valence-corrected chi connectivity index (χ1v) is 7.42. The first-order valence-electron chi connectivity index (χ1n) is 7.42. The summed E-state index contributed by atoms with van der Waals surface area (Å²) in [7, 11) is 0. The van der Waals surface area contributed by atoms with Crippen molar-refractivity contribution in [1.82, 2.24) is 4.90 Å². The van der Waals surface area contributed by atoms with E-state index in [9.17, 15) is 38.2 Å². The van der Waals surface area contributed by atoms with Crippen LogP contribution in [0.1, 0.15) is 15.9 Å². The highest BCUT2D eigenvalue weighted by molar-refractivity contribution is 5.98. The summed E-state index contributed by atoms with van der Waals surface area (Å²) in [4.78, 5) is 33.3. The van der Waals surface area contributed by atoms with Gasteiger partial charge in [0.2, 0.25) is 0 Å². The first kappa shape index (κ1) is 19.8. The van der Waals surface area contributed by atoms with Gasteiger partial charge in [-0.05, 0) is 6.07 Å². The quantitative estimate of drug-likeness (QED) is 0.558. The zero-order chi connectivity index (χ0) is 20.2. The van der Waals surface area contributed by atoms with Gasteiger partial charge in [0.15, 0.2) is 0 Å². The predicted octanol–water partition coefficient (Wildman–Crippen LogP) is 3.71. The summed E-state index contributed by atoms with van der Waals surface area (Å²) in [5.74, 6) is -1.25. The predicted molar refractivity (Wildman–Crippen MR) is 87.0 cm³/mol. The molecule has 0 heterocycles. The molecule has 1 amide bonds. The second-order valence-electron chi connectivity index (χ2n) is 5.44. The molecule has 0 unspecified atom stereocenters. The number of alkyl halides is 3. The van der Waals surface area contributed by atoms with E-state index in [-0.39, 0.29) is 5.56 Å². The lowest BCUT2D eigenvalue weighted by Gasteiger charge is -2.24. The Bertz CT molecular complexity index is 886. The molecule has 0 aromatic heterocycles. The highest BCUT2D eigenvalue weighted by Gasteiger charge is 2.36. The number of hydrogen-bond acceptors (Lipinski definition) is 5. The molecule has 27 heavy (non-hydrogen) atoms. The second-order valence-corrected chi connectivity index (χ2v) is 5.44. The van der Waals surface area contributed by atoms with Crippen LogP contribution in [0.3, 0.4) is 0 Å². The smallest absolute Gasteiger partial charge is 0.325 e. The lowest BCUT2D eigenvalue weighted by molar-refractivity contribution is -0.385. The molecule has 0 bridgehead atoms. The van der Waals surface area contributed by atoms with Crippen molar-refractivity contribution in [3.8, 4) is 0 Å². The Morgan fingerprint density at radius 2 is 1.44 bits per heavy atom. The Kier molecular flexibility index (Phi) is 5.73. The Morgan fingerprint density at radius 3 is 2.00 bits per heavy atom. The number of para-hydroxylation sites is 2. The molecule has 0 aliphatic rings. The molecule has 0 N–H and O–H groups in total. The second kappa shape index (κ2) is 7.81. The van der Waals surface area contributed by atoms with Gasteiger partial charge in [0, 0.05) is 17.7 Å². The molecule has 2 rings (SSSR count). The summed E-state index contributed by atoms with van der Waals surface area (Å²) in [6, 6.07) is 9.59. The monoisotopic (exact) mass is 383 g/mol. The van der Waals surface area contributed by atoms with Crippen molar-refractivity contribution in [3.63, 3.8) is 0 Å². The number of nitro groups is 2. The molecule has 0 atom stereocenters. The Labute approximate surface area is 150 Å². The van der Waals surface area contributed by atoms with Crippen LogP contribution in [-0.2, 0) is 6.54 Å². The van der Waals surface area contributed by atoms with Crippen LogP contribution in [0.2, 0.25) is 0 Å². The zero-order valence-electron chi connectivity index (χ0n) is 13.5. The summed E-state index contributed by atoms with van der Waals surface area (Å²) >= 11 is 0. The van der Waals surface area contributed by atoms with Gasteiger partial charge in [-0.25, -0.2) is 0 Å². The summed E-state index contributed by atoms with van der Waals surface area (Å²) < 4.78 is 38.8. The average Bonchev–Trinajstić information content (AvgIpc) is 2.59. The zero-order valence-corrected chi connectivity index (χ0v) is 13.5. The summed E-state index contributed by atoms with van der Waals surface area (Å²) in [5.41, 5.74) is -1.78. The molecule has 142 valence electrons. The minimum atomic E-state index is -4.80. The van der Waals surface area contributed by atoms with E-state index in [4.69, 9.17) is 0 Å². The van der Waals surface area contributed by atoms with E-state index >= 15 is 0 Å². The van der Waals surface area contributed by atoms with Crippen molar-refractivity contribution >= 4 is 17.3 Å². The van der Waals surface area contributed by atoms with Crippen molar-refractivity contribution in [2.75, 3.05) is 6.54 Å². The molecule has 0 saturated heterocycles. The number of carbonyl (C=O) groups excluding carboxylic acids is 1. The van der Waals surface area contributed by atoms with Crippen LogP contribution >= 0.6 is 0 Å². The molecule has 0 fully saturated rings. The summed E-state index contributed by atoms with van der Waals surface area (Å²) in [5, 5.41) is 22.1. The van der Waals surface area contributed by atoms with Crippen LogP contribution in [0.4, 0.5) is 24.5 Å². The third-order valence-corrected chi connectivity index (χ3v) is 3.54. The van der Waals surface area contributed by atoms with Crippen LogP contribution in [0, 0.1) is 20.2 Å². The molecule has 0 saturated carbocycles. The molecular formula is C16H12F3N3O5. The third kappa shape index (κ3) is 5.00. The fraction of sp³-hybridized carbons (Fsp3) is 0.188. The van der Waals surface area contributed by atoms with E-state index in [0.717, 1.165) is 18.2 Å². The van der Waals surface area contributed by atoms with Crippen molar-refractivity contribution in [2.24, 2.45) is 0 Å². The van der Waals surface area contributed by atoms with Crippen LogP contribution in [0.25, 0.3) is 0 Å². The minimum absolute atomic E-state index is 0.126. The normalized spacial score (nSPS) is 11.1. The molecular weight excluding hydrogens is 371 g/mol. The first-order chi connectivity index (χ1) is 12.6. The average molecular weight is 383 g/mol. The molecule has 11 heteroatoms. The summed E-state index contributed by atoms with van der Waals surface area (Å²) in [6.45, 7) is -2.45. The van der Waals surface area contributed by atoms with Gasteiger partial charge in [-0.2, -0.15) is 13.2 Å². The molecule has 0 radical (unpaired) electrons. The Balaban J connectivity index is 2.46.